The molecule has 0 spiro atoms. The molecule has 2 heterocycles. The van der Waals surface area contributed by atoms with Crippen LogP contribution in [0.5, 0.6) is 11.6 Å². The Labute approximate surface area is 195 Å². The Kier molecular flexibility index (Phi) is 8.90. The van der Waals surface area contributed by atoms with Gasteiger partial charge in [0.05, 0.1) is 18.1 Å². The van der Waals surface area contributed by atoms with Gasteiger partial charge < -0.3 is 15.4 Å². The predicted octanol–water partition coefficient (Wildman–Crippen LogP) is 3.35. The van der Waals surface area contributed by atoms with Crippen LogP contribution in [-0.2, 0) is 16.4 Å². The van der Waals surface area contributed by atoms with Crippen molar-refractivity contribution in [2.75, 3.05) is 18.1 Å². The van der Waals surface area contributed by atoms with Crippen LogP contribution >= 0.6 is 24.0 Å². The van der Waals surface area contributed by atoms with E-state index in [1.54, 1.807) is 6.20 Å². The number of pyridine rings is 1. The largest absolute Gasteiger partial charge is 0.439 e. The van der Waals surface area contributed by atoms with E-state index in [1.807, 2.05) is 44.2 Å². The lowest BCUT2D eigenvalue weighted by Crippen LogP contribution is -2.44. The van der Waals surface area contributed by atoms with Gasteiger partial charge in [0.25, 0.3) is 0 Å². The van der Waals surface area contributed by atoms with Gasteiger partial charge >= 0.3 is 0 Å². The van der Waals surface area contributed by atoms with Crippen LogP contribution in [0.4, 0.5) is 0 Å². The molecule has 2 aromatic rings. The number of aromatic nitrogens is 1. The van der Waals surface area contributed by atoms with Crippen molar-refractivity contribution in [3.63, 3.8) is 0 Å². The number of aryl methyl sites for hydroxylation is 2. The summed E-state index contributed by atoms with van der Waals surface area (Å²) >= 11 is 0. The SMILES string of the molecule is CCNC(=NCc1ccnc(Oc2ccc(C)c(C)c2)c1)NC1CCS(=O)(=O)C1.I. The minimum absolute atomic E-state index is 0. The van der Waals surface area contributed by atoms with Crippen LogP contribution < -0.4 is 15.4 Å². The molecule has 0 bridgehead atoms. The lowest BCUT2D eigenvalue weighted by molar-refractivity contribution is 0.461. The third kappa shape index (κ3) is 7.12. The van der Waals surface area contributed by atoms with Gasteiger partial charge in [0.15, 0.2) is 15.8 Å². The summed E-state index contributed by atoms with van der Waals surface area (Å²) in [6, 6.07) is 9.60. The number of hydrogen-bond donors (Lipinski definition) is 2. The Morgan fingerprint density at radius 2 is 2.03 bits per heavy atom. The fourth-order valence-electron chi connectivity index (χ4n) is 3.10. The number of sulfone groups is 1. The molecule has 3 rings (SSSR count). The maximum Gasteiger partial charge on any atom is 0.219 e. The van der Waals surface area contributed by atoms with Crippen LogP contribution in [0.25, 0.3) is 0 Å². The minimum Gasteiger partial charge on any atom is -0.439 e. The molecule has 30 heavy (non-hydrogen) atoms. The van der Waals surface area contributed by atoms with Crippen molar-refractivity contribution in [2.24, 2.45) is 4.99 Å². The molecule has 1 unspecified atom stereocenters. The van der Waals surface area contributed by atoms with E-state index in [-0.39, 0.29) is 41.5 Å². The Morgan fingerprint density at radius 1 is 1.23 bits per heavy atom. The molecule has 7 nitrogen and oxygen atoms in total. The van der Waals surface area contributed by atoms with E-state index in [1.165, 1.54) is 11.1 Å². The highest BCUT2D eigenvalue weighted by Gasteiger charge is 2.28. The number of guanidine groups is 1. The summed E-state index contributed by atoms with van der Waals surface area (Å²) in [5.74, 6) is 2.26. The number of rotatable bonds is 6. The fraction of sp³-hybridized carbons (Fsp3) is 0.429. The third-order valence-electron chi connectivity index (χ3n) is 4.84. The molecule has 0 aliphatic carbocycles. The maximum atomic E-state index is 11.7. The smallest absolute Gasteiger partial charge is 0.219 e. The van der Waals surface area contributed by atoms with Gasteiger partial charge in [-0.15, -0.1) is 24.0 Å². The van der Waals surface area contributed by atoms with E-state index in [9.17, 15) is 8.42 Å². The Morgan fingerprint density at radius 3 is 2.70 bits per heavy atom. The number of hydrogen-bond acceptors (Lipinski definition) is 5. The molecular formula is C21H29IN4O3S. The van der Waals surface area contributed by atoms with Crippen molar-refractivity contribution in [3.8, 4) is 11.6 Å². The first-order valence-corrected chi connectivity index (χ1v) is 11.6. The van der Waals surface area contributed by atoms with Gasteiger partial charge in [-0.1, -0.05) is 6.07 Å². The van der Waals surface area contributed by atoms with Gasteiger partial charge in [-0.05, 0) is 62.1 Å². The number of benzene rings is 1. The second kappa shape index (κ2) is 10.9. The highest BCUT2D eigenvalue weighted by Crippen LogP contribution is 2.23. The van der Waals surface area contributed by atoms with E-state index in [4.69, 9.17) is 4.74 Å². The molecule has 1 saturated heterocycles. The normalized spacial score (nSPS) is 17.8. The molecule has 1 aliphatic rings. The molecule has 1 aliphatic heterocycles. The lowest BCUT2D eigenvalue weighted by Gasteiger charge is -2.15. The topological polar surface area (TPSA) is 92.7 Å². The Bertz CT molecular complexity index is 995. The van der Waals surface area contributed by atoms with Crippen molar-refractivity contribution in [1.82, 2.24) is 15.6 Å². The first kappa shape index (κ1) is 24.4. The lowest BCUT2D eigenvalue weighted by atomic mass is 10.1. The monoisotopic (exact) mass is 544 g/mol. The zero-order valence-electron chi connectivity index (χ0n) is 17.5. The molecule has 1 fully saturated rings. The van der Waals surface area contributed by atoms with Crippen LogP contribution in [-0.4, -0.2) is 43.5 Å². The third-order valence-corrected chi connectivity index (χ3v) is 6.61. The quantitative estimate of drug-likeness (QED) is 0.329. The van der Waals surface area contributed by atoms with E-state index < -0.39 is 9.84 Å². The number of nitrogens with zero attached hydrogens (tertiary/aromatic N) is 2. The van der Waals surface area contributed by atoms with Crippen molar-refractivity contribution in [1.29, 1.82) is 0 Å². The molecule has 164 valence electrons. The van der Waals surface area contributed by atoms with Gasteiger partial charge in [-0.25, -0.2) is 18.4 Å². The summed E-state index contributed by atoms with van der Waals surface area (Å²) in [6.07, 6.45) is 2.31. The predicted molar refractivity (Wildman–Crippen MR) is 131 cm³/mol. The maximum absolute atomic E-state index is 11.7. The number of aliphatic imine (C=N–C) groups is 1. The number of ether oxygens (including phenoxy) is 1. The molecule has 1 aromatic carbocycles. The summed E-state index contributed by atoms with van der Waals surface area (Å²) in [5, 5.41) is 6.39. The molecule has 9 heteroatoms. The molecule has 1 atom stereocenters. The zero-order valence-corrected chi connectivity index (χ0v) is 20.7. The van der Waals surface area contributed by atoms with Crippen molar-refractivity contribution >= 4 is 39.8 Å². The van der Waals surface area contributed by atoms with Gasteiger partial charge in [-0.2, -0.15) is 0 Å². The van der Waals surface area contributed by atoms with Crippen LogP contribution in [0.15, 0.2) is 41.5 Å². The van der Waals surface area contributed by atoms with Gasteiger partial charge in [0.2, 0.25) is 5.88 Å². The summed E-state index contributed by atoms with van der Waals surface area (Å²) < 4.78 is 29.2. The summed E-state index contributed by atoms with van der Waals surface area (Å²) in [7, 11) is -2.93. The second-order valence-corrected chi connectivity index (χ2v) is 9.52. The van der Waals surface area contributed by atoms with Gasteiger partial charge in [0, 0.05) is 24.8 Å². The molecule has 2 N–H and O–H groups in total. The Balaban J connectivity index is 0.00000320. The molecular weight excluding hydrogens is 515 g/mol. The highest BCUT2D eigenvalue weighted by molar-refractivity contribution is 14.0. The van der Waals surface area contributed by atoms with E-state index in [0.717, 1.165) is 11.3 Å². The van der Waals surface area contributed by atoms with E-state index >= 15 is 0 Å². The summed E-state index contributed by atoms with van der Waals surface area (Å²) in [6.45, 7) is 7.21. The van der Waals surface area contributed by atoms with Crippen LogP contribution in [0.1, 0.15) is 30.0 Å². The summed E-state index contributed by atoms with van der Waals surface area (Å²) in [5.41, 5.74) is 3.33. The Hall–Kier alpha value is -1.88. The van der Waals surface area contributed by atoms with Crippen molar-refractivity contribution in [2.45, 2.75) is 39.8 Å². The zero-order chi connectivity index (χ0) is 20.9. The number of halogens is 1. The second-order valence-electron chi connectivity index (χ2n) is 7.29. The first-order valence-electron chi connectivity index (χ1n) is 9.80. The molecule has 0 saturated carbocycles. The van der Waals surface area contributed by atoms with Gasteiger partial charge in [-0.3, -0.25) is 0 Å². The molecule has 0 radical (unpaired) electrons. The van der Waals surface area contributed by atoms with Crippen LogP contribution in [0, 0.1) is 13.8 Å². The van der Waals surface area contributed by atoms with Crippen molar-refractivity contribution in [3.05, 3.63) is 53.2 Å². The van der Waals surface area contributed by atoms with Crippen LogP contribution in [0.3, 0.4) is 0 Å². The highest BCUT2D eigenvalue weighted by atomic mass is 127. The van der Waals surface area contributed by atoms with E-state index in [0.29, 0.717) is 31.3 Å². The van der Waals surface area contributed by atoms with Crippen LogP contribution in [0.2, 0.25) is 0 Å². The van der Waals surface area contributed by atoms with Gasteiger partial charge in [0.1, 0.15) is 5.75 Å². The minimum atomic E-state index is -2.93. The average molecular weight is 544 g/mol. The fourth-order valence-corrected chi connectivity index (χ4v) is 4.77. The number of nitrogens with one attached hydrogen (secondary N) is 2. The molecule has 0 amide bonds. The van der Waals surface area contributed by atoms with Crippen molar-refractivity contribution < 1.29 is 13.2 Å². The first-order chi connectivity index (χ1) is 13.8. The average Bonchev–Trinajstić information content (AvgIpc) is 3.02. The van der Waals surface area contributed by atoms with E-state index in [2.05, 4.69) is 27.5 Å². The molecule has 1 aromatic heterocycles. The summed E-state index contributed by atoms with van der Waals surface area (Å²) in [4.78, 5) is 8.87. The standard InChI is InChI=1S/C21H28N4O3S.HI/c1-4-22-21(25-18-8-10-29(26,27)14-18)24-13-17-7-9-23-20(12-17)28-19-6-5-15(2)16(3)11-19;/h5-7,9,11-12,18H,4,8,10,13-14H2,1-3H3,(H2,22,24,25);1H.